The highest BCUT2D eigenvalue weighted by Gasteiger charge is 2.24. The van der Waals surface area contributed by atoms with Crippen molar-refractivity contribution in [3.63, 3.8) is 0 Å². The lowest BCUT2D eigenvalue weighted by atomic mass is 10.3. The molecule has 0 spiro atoms. The predicted octanol–water partition coefficient (Wildman–Crippen LogP) is 0.333. The molecular weight excluding hydrogens is 352 g/mol. The van der Waals surface area contributed by atoms with Crippen LogP contribution < -0.4 is 14.8 Å². The van der Waals surface area contributed by atoms with Gasteiger partial charge in [-0.25, -0.2) is 19.5 Å². The van der Waals surface area contributed by atoms with Gasteiger partial charge in [0.1, 0.15) is 5.69 Å². The van der Waals surface area contributed by atoms with Crippen molar-refractivity contribution in [2.24, 2.45) is 0 Å². The third kappa shape index (κ3) is 3.91. The number of amides is 2. The van der Waals surface area contributed by atoms with Crippen LogP contribution in [-0.4, -0.2) is 47.4 Å². The number of nitrogens with zero attached hydrogens (tertiary/aromatic N) is 4. The van der Waals surface area contributed by atoms with Crippen molar-refractivity contribution in [1.82, 2.24) is 24.2 Å². The summed E-state index contributed by atoms with van der Waals surface area (Å²) < 4.78 is 32.7. The van der Waals surface area contributed by atoms with Gasteiger partial charge in [-0.2, -0.15) is 13.4 Å². The highest BCUT2D eigenvalue weighted by Crippen LogP contribution is 2.24. The van der Waals surface area contributed by atoms with Crippen LogP contribution in [0.3, 0.4) is 0 Å². The third-order valence-electron chi connectivity index (χ3n) is 3.10. The van der Waals surface area contributed by atoms with Gasteiger partial charge in [-0.05, 0) is 13.8 Å². The predicted molar refractivity (Wildman–Crippen MR) is 85.9 cm³/mol. The molecule has 0 radical (unpaired) electrons. The highest BCUT2D eigenvalue weighted by atomic mass is 32.2. The zero-order valence-electron chi connectivity index (χ0n) is 13.7. The van der Waals surface area contributed by atoms with E-state index in [-0.39, 0.29) is 28.2 Å². The molecule has 12 heteroatoms. The summed E-state index contributed by atoms with van der Waals surface area (Å²) in [6, 6.07) is -1.05. The number of hydrogen-bond acceptors (Lipinski definition) is 8. The molecule has 0 unspecified atom stereocenters. The summed E-state index contributed by atoms with van der Waals surface area (Å²) in [7, 11) is -2.89. The summed E-state index contributed by atoms with van der Waals surface area (Å²) in [5.74, 6) is -0.199. The Morgan fingerprint density at radius 3 is 2.72 bits per heavy atom. The largest absolute Gasteiger partial charge is 0.479 e. The van der Waals surface area contributed by atoms with E-state index in [0.29, 0.717) is 12.8 Å². The molecule has 134 valence electrons. The van der Waals surface area contributed by atoms with Gasteiger partial charge in [-0.3, -0.25) is 4.79 Å². The summed E-state index contributed by atoms with van der Waals surface area (Å²) >= 11 is 0. The number of urea groups is 1. The van der Waals surface area contributed by atoms with Crippen molar-refractivity contribution < 1.29 is 22.7 Å². The van der Waals surface area contributed by atoms with Gasteiger partial charge in [-0.1, -0.05) is 0 Å². The zero-order valence-corrected chi connectivity index (χ0v) is 14.5. The van der Waals surface area contributed by atoms with Crippen molar-refractivity contribution in [2.45, 2.75) is 25.5 Å². The number of sulfonamides is 1. The first kappa shape index (κ1) is 18.3. The summed E-state index contributed by atoms with van der Waals surface area (Å²) in [5, 5.41) is 2.01. The Kier molecular flexibility index (Phi) is 5.32. The second kappa shape index (κ2) is 7.25. The molecule has 11 nitrogen and oxygen atoms in total. The molecule has 0 saturated carbocycles. The van der Waals surface area contributed by atoms with Gasteiger partial charge < -0.3 is 14.6 Å². The number of rotatable bonds is 6. The minimum Gasteiger partial charge on any atom is -0.479 e. The molecular formula is C13H16N6O5S. The van der Waals surface area contributed by atoms with Crippen molar-refractivity contribution >= 4 is 28.0 Å². The number of hydrogen-bond donors (Lipinski definition) is 2. The summed E-state index contributed by atoms with van der Waals surface area (Å²) in [6.45, 7) is 3.61. The van der Waals surface area contributed by atoms with Gasteiger partial charge in [-0.15, -0.1) is 0 Å². The van der Waals surface area contributed by atoms with Crippen LogP contribution in [0.4, 0.5) is 10.5 Å². The van der Waals surface area contributed by atoms with Gasteiger partial charge in [0, 0.05) is 18.9 Å². The van der Waals surface area contributed by atoms with Crippen molar-refractivity contribution in [3.05, 3.63) is 23.9 Å². The maximum absolute atomic E-state index is 12.2. The van der Waals surface area contributed by atoms with Crippen LogP contribution in [-0.2, 0) is 16.6 Å². The molecule has 2 rings (SSSR count). The topological polar surface area (TPSA) is 145 Å². The molecule has 0 atom stereocenters. The van der Waals surface area contributed by atoms with E-state index in [9.17, 15) is 18.0 Å². The molecule has 2 aromatic rings. The Morgan fingerprint density at radius 2 is 2.12 bits per heavy atom. The monoisotopic (exact) mass is 368 g/mol. The number of anilines is 1. The first-order chi connectivity index (χ1) is 11.8. The average Bonchev–Trinajstić information content (AvgIpc) is 3.05. The molecule has 0 fully saturated rings. The molecule has 25 heavy (non-hydrogen) atoms. The van der Waals surface area contributed by atoms with E-state index in [1.807, 2.05) is 4.72 Å². The van der Waals surface area contributed by atoms with E-state index in [1.165, 1.54) is 31.0 Å². The summed E-state index contributed by atoms with van der Waals surface area (Å²) in [6.07, 6.45) is 3.22. The molecule has 2 aromatic heterocycles. The second-order valence-corrected chi connectivity index (χ2v) is 6.30. The summed E-state index contributed by atoms with van der Waals surface area (Å²) in [4.78, 5) is 34.2. The van der Waals surface area contributed by atoms with Gasteiger partial charge in [0.2, 0.25) is 11.0 Å². The number of aromatic nitrogens is 4. The van der Waals surface area contributed by atoms with Crippen LogP contribution in [0.1, 0.15) is 23.2 Å². The minimum atomic E-state index is -4.17. The van der Waals surface area contributed by atoms with Crippen LogP contribution in [0.2, 0.25) is 0 Å². The normalized spacial score (nSPS) is 11.0. The maximum Gasteiger partial charge on any atom is 0.333 e. The fourth-order valence-electron chi connectivity index (χ4n) is 2.00. The van der Waals surface area contributed by atoms with Crippen LogP contribution >= 0.6 is 0 Å². The number of carbonyl (C=O) groups excluding carboxylic acids is 2. The van der Waals surface area contributed by atoms with Gasteiger partial charge in [0.25, 0.3) is 10.0 Å². The van der Waals surface area contributed by atoms with Crippen molar-refractivity contribution in [2.75, 3.05) is 12.4 Å². The number of aldehydes is 1. The summed E-state index contributed by atoms with van der Waals surface area (Å²) in [5.41, 5.74) is 0.274. The van der Waals surface area contributed by atoms with Crippen LogP contribution in [0.5, 0.6) is 5.88 Å². The number of imidazole rings is 1. The van der Waals surface area contributed by atoms with Crippen LogP contribution in [0.25, 0.3) is 0 Å². The number of methoxy groups -OCH3 is 1. The molecule has 0 aliphatic rings. The van der Waals surface area contributed by atoms with Gasteiger partial charge >= 0.3 is 6.03 Å². The standard InChI is InChI=1S/C13H16N6O5S/c1-4-19-6-5-14-13(19)25(22,23)18-12(21)17-10-8(2)15-9(7-20)16-11(10)24-3/h5-7H,4H2,1-3H3,(H2,17,18,21). The minimum absolute atomic E-state index is 0.0413. The first-order valence-electron chi connectivity index (χ1n) is 7.05. The highest BCUT2D eigenvalue weighted by molar-refractivity contribution is 7.89. The smallest absolute Gasteiger partial charge is 0.333 e. The number of nitrogens with one attached hydrogen (secondary N) is 2. The Morgan fingerprint density at radius 1 is 1.40 bits per heavy atom. The SMILES string of the molecule is CCn1ccnc1S(=O)(=O)NC(=O)Nc1c(C)nc(C=O)nc1OC. The van der Waals surface area contributed by atoms with E-state index in [0.717, 1.165) is 0 Å². The molecule has 2 heterocycles. The number of carbonyl (C=O) groups is 2. The van der Waals surface area contributed by atoms with E-state index in [1.54, 1.807) is 6.92 Å². The average molecular weight is 368 g/mol. The molecule has 2 N–H and O–H groups in total. The lowest BCUT2D eigenvalue weighted by molar-refractivity contribution is 0.111. The van der Waals surface area contributed by atoms with Gasteiger partial charge in [0.05, 0.1) is 12.8 Å². The molecule has 0 aromatic carbocycles. The molecule has 2 amide bonds. The van der Waals surface area contributed by atoms with E-state index in [2.05, 4.69) is 20.3 Å². The molecule has 0 bridgehead atoms. The molecule has 0 saturated heterocycles. The van der Waals surface area contributed by atoms with E-state index >= 15 is 0 Å². The lowest BCUT2D eigenvalue weighted by Crippen LogP contribution is -2.36. The lowest BCUT2D eigenvalue weighted by Gasteiger charge is -2.13. The van der Waals surface area contributed by atoms with Gasteiger partial charge in [0.15, 0.2) is 12.1 Å². The van der Waals surface area contributed by atoms with E-state index < -0.39 is 16.1 Å². The van der Waals surface area contributed by atoms with Crippen LogP contribution in [0, 0.1) is 6.92 Å². The Labute approximate surface area is 143 Å². The fourth-order valence-corrected chi connectivity index (χ4v) is 3.08. The molecule has 0 aliphatic heterocycles. The van der Waals surface area contributed by atoms with Crippen LogP contribution in [0.15, 0.2) is 17.6 Å². The molecule has 0 aliphatic carbocycles. The maximum atomic E-state index is 12.2. The quantitative estimate of drug-likeness (QED) is 0.694. The number of ether oxygens (including phenoxy) is 1. The first-order valence-corrected chi connectivity index (χ1v) is 8.53. The van der Waals surface area contributed by atoms with E-state index in [4.69, 9.17) is 4.74 Å². The third-order valence-corrected chi connectivity index (χ3v) is 4.37. The zero-order chi connectivity index (χ0) is 18.6. The Bertz CT molecular complexity index is 908. The second-order valence-electron chi connectivity index (χ2n) is 4.72. The van der Waals surface area contributed by atoms with Crippen molar-refractivity contribution in [1.29, 1.82) is 0 Å². The Hall–Kier alpha value is -3.02. The van der Waals surface area contributed by atoms with Crippen molar-refractivity contribution in [3.8, 4) is 5.88 Å². The fraction of sp³-hybridized carbons (Fsp3) is 0.308. The number of aryl methyl sites for hydroxylation is 2. The Balaban J connectivity index is 2.25.